The van der Waals surface area contributed by atoms with Gasteiger partial charge in [-0.1, -0.05) is 30.7 Å². The monoisotopic (exact) mass is 411 g/mol. The number of rotatable bonds is 7. The Bertz CT molecular complexity index is 1040. The van der Waals surface area contributed by atoms with Crippen molar-refractivity contribution in [2.75, 3.05) is 11.9 Å². The molecule has 0 fully saturated rings. The van der Waals surface area contributed by atoms with Gasteiger partial charge in [-0.15, -0.1) is 0 Å². The molecule has 0 bridgehead atoms. The summed E-state index contributed by atoms with van der Waals surface area (Å²) in [6.07, 6.45) is 1.49. The number of hydrogen-bond acceptors (Lipinski definition) is 5. The molecule has 0 aliphatic carbocycles. The lowest BCUT2D eigenvalue weighted by molar-refractivity contribution is -0.119. The Balaban J connectivity index is 1.64. The number of halogens is 1. The van der Waals surface area contributed by atoms with Crippen LogP contribution in [0.3, 0.4) is 0 Å². The number of anilines is 1. The van der Waals surface area contributed by atoms with E-state index < -0.39 is 18.5 Å². The van der Waals surface area contributed by atoms with Crippen molar-refractivity contribution in [2.24, 2.45) is 0 Å². The van der Waals surface area contributed by atoms with Gasteiger partial charge >= 0.3 is 5.97 Å². The van der Waals surface area contributed by atoms with Gasteiger partial charge in [0.05, 0.1) is 10.6 Å². The van der Waals surface area contributed by atoms with E-state index in [1.165, 1.54) is 18.2 Å². The van der Waals surface area contributed by atoms with E-state index in [0.717, 1.165) is 12.0 Å². The van der Waals surface area contributed by atoms with Crippen molar-refractivity contribution in [3.8, 4) is 11.3 Å². The zero-order valence-corrected chi connectivity index (χ0v) is 16.4. The second-order valence-corrected chi connectivity index (χ2v) is 6.60. The summed E-state index contributed by atoms with van der Waals surface area (Å²) in [5.74, 6) is -0.624. The van der Waals surface area contributed by atoms with Crippen LogP contribution in [0.2, 0.25) is 5.02 Å². The first-order valence-corrected chi connectivity index (χ1v) is 9.28. The SMILES string of the molecule is CCc1ccc(NC(=O)COC(=O)c2cc(-c3ccc(C=O)o3)ccc2Cl)cc1. The minimum absolute atomic E-state index is 0.0910. The van der Waals surface area contributed by atoms with E-state index >= 15 is 0 Å². The molecule has 1 heterocycles. The third-order valence-electron chi connectivity index (χ3n) is 4.19. The van der Waals surface area contributed by atoms with E-state index in [-0.39, 0.29) is 16.3 Å². The predicted octanol–water partition coefficient (Wildman–Crippen LogP) is 4.77. The molecule has 0 radical (unpaired) electrons. The maximum atomic E-state index is 12.4. The molecule has 0 saturated carbocycles. The number of esters is 1. The van der Waals surface area contributed by atoms with Crippen LogP contribution in [-0.4, -0.2) is 24.8 Å². The summed E-state index contributed by atoms with van der Waals surface area (Å²) in [5, 5.41) is 2.84. The van der Waals surface area contributed by atoms with Crippen LogP contribution in [0.4, 0.5) is 5.69 Å². The Morgan fingerprint density at radius 2 is 1.86 bits per heavy atom. The lowest BCUT2D eigenvalue weighted by Gasteiger charge is -2.09. The predicted molar refractivity (Wildman–Crippen MR) is 109 cm³/mol. The van der Waals surface area contributed by atoms with E-state index in [9.17, 15) is 14.4 Å². The van der Waals surface area contributed by atoms with Crippen LogP contribution >= 0.6 is 11.6 Å². The number of hydrogen-bond donors (Lipinski definition) is 1. The zero-order valence-electron chi connectivity index (χ0n) is 15.6. The third-order valence-corrected chi connectivity index (χ3v) is 4.52. The van der Waals surface area contributed by atoms with E-state index in [1.54, 1.807) is 24.3 Å². The normalized spacial score (nSPS) is 10.4. The van der Waals surface area contributed by atoms with Crippen LogP contribution in [-0.2, 0) is 16.0 Å². The Kier molecular flexibility index (Phi) is 6.46. The molecule has 1 aromatic heterocycles. The number of aldehydes is 1. The number of benzene rings is 2. The highest BCUT2D eigenvalue weighted by molar-refractivity contribution is 6.33. The van der Waals surface area contributed by atoms with Crippen LogP contribution in [0, 0.1) is 0 Å². The molecule has 1 amide bonds. The number of aryl methyl sites for hydroxylation is 1. The highest BCUT2D eigenvalue weighted by Gasteiger charge is 2.16. The number of carbonyl (C=O) groups excluding carboxylic acids is 3. The summed E-state index contributed by atoms with van der Waals surface area (Å²) in [6, 6.07) is 15.2. The molecule has 0 aliphatic heterocycles. The fourth-order valence-electron chi connectivity index (χ4n) is 2.64. The van der Waals surface area contributed by atoms with Gasteiger partial charge in [-0.2, -0.15) is 0 Å². The minimum Gasteiger partial charge on any atom is -0.453 e. The summed E-state index contributed by atoms with van der Waals surface area (Å²) in [7, 11) is 0. The van der Waals surface area contributed by atoms with Gasteiger partial charge in [0.15, 0.2) is 18.7 Å². The average Bonchev–Trinajstić information content (AvgIpc) is 3.22. The van der Waals surface area contributed by atoms with Crippen molar-refractivity contribution >= 4 is 35.5 Å². The van der Waals surface area contributed by atoms with Gasteiger partial charge in [0, 0.05) is 11.3 Å². The second kappa shape index (κ2) is 9.21. The fraction of sp³-hybridized carbons (Fsp3) is 0.136. The molecule has 3 aromatic rings. The number of amides is 1. The van der Waals surface area contributed by atoms with E-state index in [1.807, 2.05) is 19.1 Å². The molecule has 0 spiro atoms. The van der Waals surface area contributed by atoms with Crippen molar-refractivity contribution < 1.29 is 23.5 Å². The van der Waals surface area contributed by atoms with Gasteiger partial charge in [-0.05, 0) is 54.4 Å². The molecule has 148 valence electrons. The van der Waals surface area contributed by atoms with Crippen molar-refractivity contribution in [2.45, 2.75) is 13.3 Å². The minimum atomic E-state index is -0.740. The smallest absolute Gasteiger partial charge is 0.340 e. The Hall–Kier alpha value is -3.38. The topological polar surface area (TPSA) is 85.6 Å². The van der Waals surface area contributed by atoms with Crippen molar-refractivity contribution in [3.63, 3.8) is 0 Å². The molecule has 1 N–H and O–H groups in total. The summed E-state index contributed by atoms with van der Waals surface area (Å²) in [5.41, 5.74) is 2.41. The van der Waals surface area contributed by atoms with Crippen LogP contribution in [0.25, 0.3) is 11.3 Å². The molecular formula is C22H18ClNO5. The molecule has 0 saturated heterocycles. The summed E-state index contributed by atoms with van der Waals surface area (Å²) >= 11 is 6.10. The Morgan fingerprint density at radius 3 is 2.52 bits per heavy atom. The molecule has 0 aliphatic rings. The summed E-state index contributed by atoms with van der Waals surface area (Å²) in [6.45, 7) is 1.59. The largest absolute Gasteiger partial charge is 0.453 e. The highest BCUT2D eigenvalue weighted by Crippen LogP contribution is 2.27. The molecule has 6 nitrogen and oxygen atoms in total. The number of furan rings is 1. The van der Waals surface area contributed by atoms with Crippen molar-refractivity contribution in [3.05, 3.63) is 76.5 Å². The van der Waals surface area contributed by atoms with Crippen molar-refractivity contribution in [1.82, 2.24) is 0 Å². The lowest BCUT2D eigenvalue weighted by atomic mass is 10.1. The van der Waals surface area contributed by atoms with Gasteiger partial charge in [0.2, 0.25) is 0 Å². The van der Waals surface area contributed by atoms with Crippen LogP contribution in [0.1, 0.15) is 33.4 Å². The maximum absolute atomic E-state index is 12.4. The first-order valence-electron chi connectivity index (χ1n) is 8.91. The maximum Gasteiger partial charge on any atom is 0.340 e. The standard InChI is InChI=1S/C22H18ClNO5/c1-2-14-3-6-16(7-4-14)24-21(26)13-28-22(27)18-11-15(5-9-19(18)23)20-10-8-17(12-25)29-20/h3-12H,2,13H2,1H3,(H,24,26). The molecule has 3 rings (SSSR count). The number of carbonyl (C=O) groups is 3. The lowest BCUT2D eigenvalue weighted by Crippen LogP contribution is -2.21. The summed E-state index contributed by atoms with van der Waals surface area (Å²) < 4.78 is 10.4. The molecular weight excluding hydrogens is 394 g/mol. The number of nitrogens with one attached hydrogen (secondary N) is 1. The molecule has 0 unspecified atom stereocenters. The second-order valence-electron chi connectivity index (χ2n) is 6.19. The first kappa shape index (κ1) is 20.4. The zero-order chi connectivity index (χ0) is 20.8. The van der Waals surface area contributed by atoms with Gasteiger partial charge in [-0.3, -0.25) is 9.59 Å². The van der Waals surface area contributed by atoms with E-state index in [4.69, 9.17) is 20.8 Å². The molecule has 0 atom stereocenters. The van der Waals surface area contributed by atoms with Crippen molar-refractivity contribution in [1.29, 1.82) is 0 Å². The summed E-state index contributed by atoms with van der Waals surface area (Å²) in [4.78, 5) is 35.2. The highest BCUT2D eigenvalue weighted by atomic mass is 35.5. The first-order chi connectivity index (χ1) is 14.0. The number of ether oxygens (including phenoxy) is 1. The van der Waals surface area contributed by atoms with Gasteiger partial charge in [-0.25, -0.2) is 4.79 Å². The van der Waals surface area contributed by atoms with Gasteiger partial charge < -0.3 is 14.5 Å². The van der Waals surface area contributed by atoms with Crippen LogP contribution < -0.4 is 5.32 Å². The quantitative estimate of drug-likeness (QED) is 0.447. The Labute approximate surface area is 172 Å². The third kappa shape index (κ3) is 5.12. The van der Waals surface area contributed by atoms with Crippen LogP contribution in [0.5, 0.6) is 0 Å². The van der Waals surface area contributed by atoms with E-state index in [2.05, 4.69) is 5.32 Å². The molecule has 29 heavy (non-hydrogen) atoms. The fourth-order valence-corrected chi connectivity index (χ4v) is 2.83. The average molecular weight is 412 g/mol. The van der Waals surface area contributed by atoms with Crippen LogP contribution in [0.15, 0.2) is 59.0 Å². The van der Waals surface area contributed by atoms with Gasteiger partial charge in [0.25, 0.3) is 5.91 Å². The molecule has 7 heteroatoms. The van der Waals surface area contributed by atoms with E-state index in [0.29, 0.717) is 23.3 Å². The van der Waals surface area contributed by atoms with Gasteiger partial charge in [0.1, 0.15) is 5.76 Å². The molecule has 2 aromatic carbocycles. The Morgan fingerprint density at radius 1 is 1.10 bits per heavy atom.